The molecule has 0 spiro atoms. The summed E-state index contributed by atoms with van der Waals surface area (Å²) >= 11 is 0. The highest BCUT2D eigenvalue weighted by Gasteiger charge is 2.12. The van der Waals surface area contributed by atoms with Crippen LogP contribution in [0.1, 0.15) is 38.3 Å². The summed E-state index contributed by atoms with van der Waals surface area (Å²) in [6.45, 7) is 6.71. The zero-order chi connectivity index (χ0) is 15.4. The molecule has 0 aliphatic rings. The van der Waals surface area contributed by atoms with E-state index >= 15 is 0 Å². The number of halogens is 1. The maximum atomic E-state index is 13.3. The van der Waals surface area contributed by atoms with E-state index in [0.29, 0.717) is 23.1 Å². The van der Waals surface area contributed by atoms with Crippen LogP contribution in [0.25, 0.3) is 0 Å². The Balaban J connectivity index is 2.13. The van der Waals surface area contributed by atoms with Gasteiger partial charge in [0.15, 0.2) is 5.82 Å². The van der Waals surface area contributed by atoms with Crippen LogP contribution in [-0.4, -0.2) is 19.9 Å². The van der Waals surface area contributed by atoms with E-state index in [0.717, 1.165) is 6.54 Å². The normalized spacial score (nSPS) is 12.7. The summed E-state index contributed by atoms with van der Waals surface area (Å²) in [6, 6.07) is 4.09. The Morgan fingerprint density at radius 1 is 1.33 bits per heavy atom. The molecule has 1 aromatic carbocycles. The van der Waals surface area contributed by atoms with E-state index in [-0.39, 0.29) is 6.61 Å². The third-order valence-corrected chi connectivity index (χ3v) is 3.02. The molecule has 21 heavy (non-hydrogen) atoms. The summed E-state index contributed by atoms with van der Waals surface area (Å²) < 4.78 is 20.7. The third-order valence-electron chi connectivity index (χ3n) is 3.02. The molecule has 114 valence electrons. The Hall–Kier alpha value is -1.95. The Labute approximate surface area is 123 Å². The SMILES string of the molecule is CC(C)Cn1ncnc1COc1cc(F)ccc1C(C)O. The minimum Gasteiger partial charge on any atom is -0.485 e. The van der Waals surface area contributed by atoms with Crippen molar-refractivity contribution < 1.29 is 14.2 Å². The lowest BCUT2D eigenvalue weighted by atomic mass is 10.1. The number of ether oxygens (including phenoxy) is 1. The van der Waals surface area contributed by atoms with Crippen LogP contribution in [0, 0.1) is 11.7 Å². The molecule has 0 amide bonds. The van der Waals surface area contributed by atoms with E-state index in [9.17, 15) is 9.50 Å². The molecule has 2 aromatic rings. The molecule has 2 rings (SSSR count). The van der Waals surface area contributed by atoms with Crippen molar-refractivity contribution in [1.29, 1.82) is 0 Å². The predicted molar refractivity (Wildman–Crippen MR) is 76.2 cm³/mol. The number of benzene rings is 1. The van der Waals surface area contributed by atoms with Gasteiger partial charge >= 0.3 is 0 Å². The lowest BCUT2D eigenvalue weighted by Crippen LogP contribution is -2.13. The first kappa shape index (κ1) is 15.4. The van der Waals surface area contributed by atoms with E-state index in [1.54, 1.807) is 11.6 Å². The number of hydrogen-bond acceptors (Lipinski definition) is 4. The molecule has 0 bridgehead atoms. The minimum atomic E-state index is -0.728. The summed E-state index contributed by atoms with van der Waals surface area (Å²) in [6.07, 6.45) is 0.747. The van der Waals surface area contributed by atoms with Gasteiger partial charge in [0.25, 0.3) is 0 Å². The Bertz CT molecular complexity index is 596. The third kappa shape index (κ3) is 4.01. The maximum Gasteiger partial charge on any atom is 0.164 e. The van der Waals surface area contributed by atoms with Gasteiger partial charge in [-0.05, 0) is 25.0 Å². The van der Waals surface area contributed by atoms with E-state index in [2.05, 4.69) is 23.9 Å². The van der Waals surface area contributed by atoms with Crippen molar-refractivity contribution in [2.24, 2.45) is 5.92 Å². The first-order valence-electron chi connectivity index (χ1n) is 6.94. The molecule has 0 aliphatic heterocycles. The van der Waals surface area contributed by atoms with E-state index in [4.69, 9.17) is 4.74 Å². The number of aliphatic hydroxyl groups is 1. The smallest absolute Gasteiger partial charge is 0.164 e. The van der Waals surface area contributed by atoms with Gasteiger partial charge in [0.1, 0.15) is 24.5 Å². The summed E-state index contributed by atoms with van der Waals surface area (Å²) in [5.74, 6) is 1.03. The second-order valence-corrected chi connectivity index (χ2v) is 5.40. The van der Waals surface area contributed by atoms with Gasteiger partial charge in [-0.15, -0.1) is 0 Å². The Morgan fingerprint density at radius 3 is 2.76 bits per heavy atom. The molecule has 0 aliphatic carbocycles. The fourth-order valence-corrected chi connectivity index (χ4v) is 2.02. The summed E-state index contributed by atoms with van der Waals surface area (Å²) in [7, 11) is 0. The lowest BCUT2D eigenvalue weighted by molar-refractivity contribution is 0.188. The number of nitrogens with zero attached hydrogens (tertiary/aromatic N) is 3. The predicted octanol–water partition coefficient (Wildman–Crippen LogP) is 2.71. The molecule has 1 heterocycles. The fourth-order valence-electron chi connectivity index (χ4n) is 2.02. The molecular formula is C15H20FN3O2. The van der Waals surface area contributed by atoms with Crippen molar-refractivity contribution in [1.82, 2.24) is 14.8 Å². The lowest BCUT2D eigenvalue weighted by Gasteiger charge is -2.14. The van der Waals surface area contributed by atoms with Crippen molar-refractivity contribution in [2.45, 2.75) is 40.0 Å². The van der Waals surface area contributed by atoms with Crippen LogP contribution >= 0.6 is 0 Å². The molecule has 0 radical (unpaired) electrons. The van der Waals surface area contributed by atoms with Gasteiger partial charge in [-0.25, -0.2) is 14.1 Å². The molecule has 0 saturated heterocycles. The zero-order valence-electron chi connectivity index (χ0n) is 12.5. The first-order valence-corrected chi connectivity index (χ1v) is 6.94. The topological polar surface area (TPSA) is 60.2 Å². The highest BCUT2D eigenvalue weighted by Crippen LogP contribution is 2.26. The highest BCUT2D eigenvalue weighted by atomic mass is 19.1. The van der Waals surface area contributed by atoms with Crippen molar-refractivity contribution in [3.05, 3.63) is 41.7 Å². The number of aliphatic hydroxyl groups excluding tert-OH is 1. The van der Waals surface area contributed by atoms with Crippen LogP contribution in [0.3, 0.4) is 0 Å². The quantitative estimate of drug-likeness (QED) is 0.889. The van der Waals surface area contributed by atoms with Gasteiger partial charge in [0, 0.05) is 18.2 Å². The summed E-state index contributed by atoms with van der Waals surface area (Å²) in [5.41, 5.74) is 0.548. The molecule has 6 heteroatoms. The second kappa shape index (κ2) is 6.67. The van der Waals surface area contributed by atoms with Crippen LogP contribution in [0.4, 0.5) is 4.39 Å². The molecule has 0 saturated carbocycles. The maximum absolute atomic E-state index is 13.3. The number of rotatable bonds is 6. The van der Waals surface area contributed by atoms with Gasteiger partial charge < -0.3 is 9.84 Å². The molecule has 1 N–H and O–H groups in total. The second-order valence-electron chi connectivity index (χ2n) is 5.40. The Morgan fingerprint density at radius 2 is 2.10 bits per heavy atom. The summed E-state index contributed by atoms with van der Waals surface area (Å²) in [4.78, 5) is 4.15. The molecule has 1 unspecified atom stereocenters. The van der Waals surface area contributed by atoms with E-state index < -0.39 is 11.9 Å². The van der Waals surface area contributed by atoms with E-state index in [1.165, 1.54) is 24.5 Å². The molecule has 5 nitrogen and oxygen atoms in total. The van der Waals surface area contributed by atoms with Crippen LogP contribution in [0.2, 0.25) is 0 Å². The van der Waals surface area contributed by atoms with Crippen molar-refractivity contribution in [2.75, 3.05) is 0 Å². The molecule has 0 fully saturated rings. The number of hydrogen-bond donors (Lipinski definition) is 1. The largest absolute Gasteiger partial charge is 0.485 e. The molecule has 1 aromatic heterocycles. The standard InChI is InChI=1S/C15H20FN3O2/c1-10(2)7-19-15(17-9-18-19)8-21-14-6-12(16)4-5-13(14)11(3)20/h4-6,9-11,20H,7-8H2,1-3H3. The summed E-state index contributed by atoms with van der Waals surface area (Å²) in [5, 5.41) is 13.8. The van der Waals surface area contributed by atoms with Gasteiger partial charge in [0.05, 0.1) is 6.10 Å². The van der Waals surface area contributed by atoms with Crippen molar-refractivity contribution in [3.63, 3.8) is 0 Å². The fraction of sp³-hybridized carbons (Fsp3) is 0.467. The van der Waals surface area contributed by atoms with Crippen molar-refractivity contribution in [3.8, 4) is 5.75 Å². The van der Waals surface area contributed by atoms with Crippen molar-refractivity contribution >= 4 is 0 Å². The minimum absolute atomic E-state index is 0.176. The molecular weight excluding hydrogens is 273 g/mol. The van der Waals surface area contributed by atoms with Crippen LogP contribution in [0.5, 0.6) is 5.75 Å². The monoisotopic (exact) mass is 293 g/mol. The highest BCUT2D eigenvalue weighted by molar-refractivity contribution is 5.35. The van der Waals surface area contributed by atoms with Gasteiger partial charge in [0.2, 0.25) is 0 Å². The van der Waals surface area contributed by atoms with E-state index in [1.807, 2.05) is 0 Å². The van der Waals surface area contributed by atoms with Crippen LogP contribution < -0.4 is 4.74 Å². The van der Waals surface area contributed by atoms with Gasteiger partial charge in [-0.3, -0.25) is 0 Å². The first-order chi connectivity index (χ1) is 9.97. The van der Waals surface area contributed by atoms with Gasteiger partial charge in [-0.1, -0.05) is 13.8 Å². The molecule has 1 atom stereocenters. The van der Waals surface area contributed by atoms with Crippen LogP contribution in [-0.2, 0) is 13.2 Å². The van der Waals surface area contributed by atoms with Gasteiger partial charge in [-0.2, -0.15) is 5.10 Å². The zero-order valence-corrected chi connectivity index (χ0v) is 12.5. The average molecular weight is 293 g/mol. The Kier molecular flexibility index (Phi) is 4.90. The average Bonchev–Trinajstić information content (AvgIpc) is 2.82. The number of aromatic nitrogens is 3. The van der Waals surface area contributed by atoms with Crippen LogP contribution in [0.15, 0.2) is 24.5 Å².